The Kier molecular flexibility index (Phi) is 5.16. The Morgan fingerprint density at radius 1 is 1.27 bits per heavy atom. The summed E-state index contributed by atoms with van der Waals surface area (Å²) < 4.78 is 17.2. The van der Waals surface area contributed by atoms with Crippen molar-refractivity contribution in [2.24, 2.45) is 0 Å². The SMILES string of the molecule is COc1ccc(COCC(C)(C)OC(=O)n2cccn2)cc1. The Bertz CT molecular complexity index is 591. The molecule has 0 aliphatic carbocycles. The first kappa shape index (κ1) is 16.0. The summed E-state index contributed by atoms with van der Waals surface area (Å²) in [6.45, 7) is 4.31. The molecule has 22 heavy (non-hydrogen) atoms. The van der Waals surface area contributed by atoms with Crippen molar-refractivity contribution in [3.05, 3.63) is 48.3 Å². The van der Waals surface area contributed by atoms with Crippen molar-refractivity contribution >= 4 is 6.09 Å². The lowest BCUT2D eigenvalue weighted by atomic mass is 10.1. The van der Waals surface area contributed by atoms with Gasteiger partial charge in [-0.2, -0.15) is 9.78 Å². The minimum absolute atomic E-state index is 0.284. The van der Waals surface area contributed by atoms with E-state index in [1.807, 2.05) is 24.3 Å². The molecular formula is C16H20N2O4. The van der Waals surface area contributed by atoms with E-state index in [1.54, 1.807) is 27.0 Å². The molecule has 0 saturated heterocycles. The van der Waals surface area contributed by atoms with Crippen LogP contribution in [0.4, 0.5) is 4.79 Å². The van der Waals surface area contributed by atoms with E-state index in [-0.39, 0.29) is 6.61 Å². The maximum absolute atomic E-state index is 11.8. The third kappa shape index (κ3) is 4.60. The van der Waals surface area contributed by atoms with Gasteiger partial charge in [-0.1, -0.05) is 12.1 Å². The third-order valence-electron chi connectivity index (χ3n) is 2.93. The highest BCUT2D eigenvalue weighted by molar-refractivity contribution is 5.69. The average molecular weight is 304 g/mol. The van der Waals surface area contributed by atoms with Gasteiger partial charge >= 0.3 is 6.09 Å². The van der Waals surface area contributed by atoms with Gasteiger partial charge in [0.15, 0.2) is 0 Å². The predicted octanol–water partition coefficient (Wildman–Crippen LogP) is 2.87. The van der Waals surface area contributed by atoms with Crippen LogP contribution >= 0.6 is 0 Å². The zero-order valence-corrected chi connectivity index (χ0v) is 13.0. The smallest absolute Gasteiger partial charge is 0.435 e. The van der Waals surface area contributed by atoms with Crippen LogP contribution in [-0.4, -0.2) is 35.2 Å². The molecule has 1 aromatic heterocycles. The maximum Gasteiger partial charge on any atom is 0.435 e. The Balaban J connectivity index is 1.80. The number of hydrogen-bond donors (Lipinski definition) is 0. The van der Waals surface area contributed by atoms with Crippen molar-refractivity contribution in [2.75, 3.05) is 13.7 Å². The number of carbonyl (C=O) groups is 1. The monoisotopic (exact) mass is 304 g/mol. The number of hydrogen-bond acceptors (Lipinski definition) is 5. The zero-order chi connectivity index (χ0) is 16.0. The number of benzene rings is 1. The van der Waals surface area contributed by atoms with Gasteiger partial charge in [-0.3, -0.25) is 0 Å². The van der Waals surface area contributed by atoms with Gasteiger partial charge in [-0.15, -0.1) is 0 Å². The second kappa shape index (κ2) is 7.09. The molecule has 0 unspecified atom stereocenters. The van der Waals surface area contributed by atoms with Crippen molar-refractivity contribution < 1.29 is 19.0 Å². The summed E-state index contributed by atoms with van der Waals surface area (Å²) in [4.78, 5) is 11.8. The van der Waals surface area contributed by atoms with Crippen LogP contribution in [-0.2, 0) is 16.1 Å². The van der Waals surface area contributed by atoms with E-state index >= 15 is 0 Å². The molecule has 0 N–H and O–H groups in total. The largest absolute Gasteiger partial charge is 0.497 e. The minimum Gasteiger partial charge on any atom is -0.497 e. The van der Waals surface area contributed by atoms with Crippen molar-refractivity contribution in [3.8, 4) is 5.75 Å². The maximum atomic E-state index is 11.8. The van der Waals surface area contributed by atoms with Crippen LogP contribution < -0.4 is 4.74 Å². The van der Waals surface area contributed by atoms with Gasteiger partial charge in [0, 0.05) is 12.4 Å². The molecule has 0 bridgehead atoms. The number of carbonyl (C=O) groups excluding carboxylic acids is 1. The summed E-state index contributed by atoms with van der Waals surface area (Å²) in [5.74, 6) is 0.803. The lowest BCUT2D eigenvalue weighted by molar-refractivity contribution is -0.0385. The summed E-state index contributed by atoms with van der Waals surface area (Å²) >= 11 is 0. The minimum atomic E-state index is -0.741. The molecule has 0 amide bonds. The van der Waals surface area contributed by atoms with Crippen molar-refractivity contribution in [3.63, 3.8) is 0 Å². The van der Waals surface area contributed by atoms with Crippen LogP contribution in [0.15, 0.2) is 42.7 Å². The second-order valence-corrected chi connectivity index (χ2v) is 5.42. The van der Waals surface area contributed by atoms with Crippen LogP contribution in [0.1, 0.15) is 19.4 Å². The Morgan fingerprint density at radius 3 is 2.59 bits per heavy atom. The number of ether oxygens (including phenoxy) is 3. The van der Waals surface area contributed by atoms with Crippen molar-refractivity contribution in [2.45, 2.75) is 26.1 Å². The van der Waals surface area contributed by atoms with Crippen LogP contribution in [0.25, 0.3) is 0 Å². The topological polar surface area (TPSA) is 62.6 Å². The number of nitrogens with zero attached hydrogens (tertiary/aromatic N) is 2. The summed E-state index contributed by atoms with van der Waals surface area (Å²) in [6, 6.07) is 9.28. The normalized spacial score (nSPS) is 11.2. The molecule has 0 fully saturated rings. The quantitative estimate of drug-likeness (QED) is 0.821. The highest BCUT2D eigenvalue weighted by Crippen LogP contribution is 2.15. The first-order chi connectivity index (χ1) is 10.5. The second-order valence-electron chi connectivity index (χ2n) is 5.42. The molecule has 1 heterocycles. The van der Waals surface area contributed by atoms with Gasteiger partial charge in [0.1, 0.15) is 11.4 Å². The Hall–Kier alpha value is -2.34. The number of methoxy groups -OCH3 is 1. The molecule has 2 rings (SSSR count). The molecule has 0 spiro atoms. The fourth-order valence-corrected chi connectivity index (χ4v) is 1.83. The highest BCUT2D eigenvalue weighted by Gasteiger charge is 2.24. The fraction of sp³-hybridized carbons (Fsp3) is 0.375. The molecule has 0 radical (unpaired) electrons. The van der Waals surface area contributed by atoms with E-state index in [4.69, 9.17) is 14.2 Å². The van der Waals surface area contributed by atoms with Gasteiger partial charge in [-0.05, 0) is 37.6 Å². The molecule has 0 saturated carbocycles. The van der Waals surface area contributed by atoms with Crippen molar-refractivity contribution in [1.29, 1.82) is 0 Å². The molecule has 6 nitrogen and oxygen atoms in total. The van der Waals surface area contributed by atoms with Gasteiger partial charge in [0.2, 0.25) is 0 Å². The first-order valence-corrected chi connectivity index (χ1v) is 6.94. The lowest BCUT2D eigenvalue weighted by Gasteiger charge is -2.24. The molecule has 2 aromatic rings. The molecule has 0 aliphatic heterocycles. The first-order valence-electron chi connectivity index (χ1n) is 6.94. The van der Waals surface area contributed by atoms with Crippen LogP contribution in [0.2, 0.25) is 0 Å². The van der Waals surface area contributed by atoms with Crippen LogP contribution in [0.5, 0.6) is 5.75 Å². The number of rotatable bonds is 6. The van der Waals surface area contributed by atoms with Gasteiger partial charge in [0.25, 0.3) is 0 Å². The van der Waals surface area contributed by atoms with Crippen LogP contribution in [0, 0.1) is 0 Å². The highest BCUT2D eigenvalue weighted by atomic mass is 16.6. The summed E-state index contributed by atoms with van der Waals surface area (Å²) in [6.07, 6.45) is 2.54. The summed E-state index contributed by atoms with van der Waals surface area (Å²) in [7, 11) is 1.63. The van der Waals surface area contributed by atoms with E-state index < -0.39 is 11.7 Å². The summed E-state index contributed by atoms with van der Waals surface area (Å²) in [5, 5.41) is 3.83. The van der Waals surface area contributed by atoms with E-state index in [0.29, 0.717) is 6.61 Å². The molecule has 118 valence electrons. The van der Waals surface area contributed by atoms with Gasteiger partial charge in [0.05, 0.1) is 20.3 Å². The standard InChI is InChI=1S/C16H20N2O4/c1-16(2,22-15(19)18-10-4-9-17-18)12-21-11-13-5-7-14(20-3)8-6-13/h4-10H,11-12H2,1-3H3. The van der Waals surface area contributed by atoms with Crippen molar-refractivity contribution in [1.82, 2.24) is 9.78 Å². The molecule has 0 aliphatic rings. The van der Waals surface area contributed by atoms with E-state index in [0.717, 1.165) is 16.0 Å². The molecular weight excluding hydrogens is 284 g/mol. The third-order valence-corrected chi connectivity index (χ3v) is 2.93. The molecule has 0 atom stereocenters. The molecule has 6 heteroatoms. The lowest BCUT2D eigenvalue weighted by Crippen LogP contribution is -2.35. The van der Waals surface area contributed by atoms with E-state index in [9.17, 15) is 4.79 Å². The van der Waals surface area contributed by atoms with Crippen LogP contribution in [0.3, 0.4) is 0 Å². The zero-order valence-electron chi connectivity index (χ0n) is 13.0. The van der Waals surface area contributed by atoms with E-state index in [1.165, 1.54) is 12.4 Å². The van der Waals surface area contributed by atoms with Gasteiger partial charge in [-0.25, -0.2) is 4.79 Å². The average Bonchev–Trinajstić information content (AvgIpc) is 3.01. The van der Waals surface area contributed by atoms with Gasteiger partial charge < -0.3 is 14.2 Å². The summed E-state index contributed by atoms with van der Waals surface area (Å²) in [5.41, 5.74) is 0.283. The fourth-order valence-electron chi connectivity index (χ4n) is 1.83. The Labute approximate surface area is 129 Å². The predicted molar refractivity (Wildman–Crippen MR) is 80.8 cm³/mol. The van der Waals surface area contributed by atoms with E-state index in [2.05, 4.69) is 5.10 Å². The number of aromatic nitrogens is 2. The Morgan fingerprint density at radius 2 is 2.00 bits per heavy atom. The molecule has 1 aromatic carbocycles.